The first kappa shape index (κ1) is 19.9. The molecular weight excluding hydrogens is 374 g/mol. The average Bonchev–Trinajstić information content (AvgIpc) is 3.33. The van der Waals surface area contributed by atoms with E-state index in [4.69, 9.17) is 0 Å². The standard InChI is InChI=1S/C24H25N5O/c1-2-28-14-4-7-22(18-28)27-24(30)21-10-11-23(29-15-5-13-26-29)20(16-21)9-8-19-6-3-12-25-17-19/h3,5-6,10-13,15-17,22H,2,4,7,14,18H2,1H3,(H,27,30). The molecule has 1 saturated heterocycles. The fourth-order valence-electron chi connectivity index (χ4n) is 3.69. The van der Waals surface area contributed by atoms with Gasteiger partial charge in [0.1, 0.15) is 0 Å². The molecule has 1 aliphatic rings. The number of likely N-dealkylation sites (N-methyl/N-ethyl adjacent to an activating group) is 1. The molecule has 1 N–H and O–H groups in total. The van der Waals surface area contributed by atoms with Crippen molar-refractivity contribution in [3.05, 3.63) is 77.9 Å². The van der Waals surface area contributed by atoms with Crippen molar-refractivity contribution in [2.75, 3.05) is 19.6 Å². The molecule has 1 atom stereocenters. The maximum atomic E-state index is 12.9. The monoisotopic (exact) mass is 399 g/mol. The Morgan fingerprint density at radius 2 is 2.17 bits per heavy atom. The zero-order valence-electron chi connectivity index (χ0n) is 17.1. The van der Waals surface area contributed by atoms with E-state index in [0.717, 1.165) is 49.3 Å². The van der Waals surface area contributed by atoms with E-state index in [-0.39, 0.29) is 11.9 Å². The van der Waals surface area contributed by atoms with Crippen LogP contribution in [0.3, 0.4) is 0 Å². The Labute approximate surface area is 176 Å². The topological polar surface area (TPSA) is 63.1 Å². The normalized spacial score (nSPS) is 16.5. The average molecular weight is 399 g/mol. The molecule has 3 aromatic rings. The van der Waals surface area contributed by atoms with Gasteiger partial charge in [-0.2, -0.15) is 5.10 Å². The highest BCUT2D eigenvalue weighted by molar-refractivity contribution is 5.95. The molecule has 1 unspecified atom stereocenters. The van der Waals surface area contributed by atoms with Crippen LogP contribution in [-0.2, 0) is 0 Å². The maximum Gasteiger partial charge on any atom is 0.251 e. The van der Waals surface area contributed by atoms with Gasteiger partial charge >= 0.3 is 0 Å². The van der Waals surface area contributed by atoms with Gasteiger partial charge in [0, 0.05) is 48.5 Å². The second kappa shape index (κ2) is 9.38. The van der Waals surface area contributed by atoms with E-state index in [9.17, 15) is 4.79 Å². The zero-order valence-corrected chi connectivity index (χ0v) is 17.1. The lowest BCUT2D eigenvalue weighted by Gasteiger charge is -2.32. The van der Waals surface area contributed by atoms with Crippen LogP contribution in [0.2, 0.25) is 0 Å². The molecule has 30 heavy (non-hydrogen) atoms. The van der Waals surface area contributed by atoms with Crippen LogP contribution >= 0.6 is 0 Å². The first-order chi connectivity index (χ1) is 14.7. The van der Waals surface area contributed by atoms with Gasteiger partial charge in [-0.1, -0.05) is 18.8 Å². The number of benzene rings is 1. The van der Waals surface area contributed by atoms with Gasteiger partial charge in [0.05, 0.1) is 11.3 Å². The summed E-state index contributed by atoms with van der Waals surface area (Å²) in [6, 6.07) is 11.4. The van der Waals surface area contributed by atoms with E-state index < -0.39 is 0 Å². The molecule has 1 aromatic carbocycles. The molecule has 6 nitrogen and oxygen atoms in total. The zero-order chi connectivity index (χ0) is 20.8. The van der Waals surface area contributed by atoms with Crippen LogP contribution < -0.4 is 5.32 Å². The van der Waals surface area contributed by atoms with Gasteiger partial charge in [-0.3, -0.25) is 9.78 Å². The summed E-state index contributed by atoms with van der Waals surface area (Å²) >= 11 is 0. The summed E-state index contributed by atoms with van der Waals surface area (Å²) in [4.78, 5) is 19.4. The Morgan fingerprint density at radius 1 is 1.23 bits per heavy atom. The number of hydrogen-bond donors (Lipinski definition) is 1. The van der Waals surface area contributed by atoms with Gasteiger partial charge in [-0.25, -0.2) is 4.68 Å². The summed E-state index contributed by atoms with van der Waals surface area (Å²) in [5.74, 6) is 6.27. The molecule has 1 fully saturated rings. The van der Waals surface area contributed by atoms with E-state index in [0.29, 0.717) is 5.56 Å². The molecular formula is C24H25N5O. The molecule has 0 bridgehead atoms. The van der Waals surface area contributed by atoms with E-state index in [1.165, 1.54) is 0 Å². The fourth-order valence-corrected chi connectivity index (χ4v) is 3.69. The minimum absolute atomic E-state index is 0.0607. The van der Waals surface area contributed by atoms with E-state index in [2.05, 4.69) is 39.1 Å². The Morgan fingerprint density at radius 3 is 2.93 bits per heavy atom. The van der Waals surface area contributed by atoms with Crippen LogP contribution in [0.4, 0.5) is 0 Å². The van der Waals surface area contributed by atoms with Crippen molar-refractivity contribution in [2.24, 2.45) is 0 Å². The minimum Gasteiger partial charge on any atom is -0.348 e. The quantitative estimate of drug-likeness (QED) is 0.686. The number of amides is 1. The number of pyridine rings is 1. The second-order valence-corrected chi connectivity index (χ2v) is 7.38. The Bertz CT molecular complexity index is 1050. The molecule has 152 valence electrons. The molecule has 1 amide bonds. The first-order valence-corrected chi connectivity index (χ1v) is 10.3. The third-order valence-corrected chi connectivity index (χ3v) is 5.30. The van der Waals surface area contributed by atoms with Gasteiger partial charge < -0.3 is 10.2 Å². The Hall–Kier alpha value is -3.43. The Kier molecular flexibility index (Phi) is 6.21. The molecule has 0 spiro atoms. The van der Waals surface area contributed by atoms with Crippen molar-refractivity contribution in [3.63, 3.8) is 0 Å². The molecule has 1 aliphatic heterocycles. The summed E-state index contributed by atoms with van der Waals surface area (Å²) in [6.45, 7) is 5.18. The lowest BCUT2D eigenvalue weighted by Crippen LogP contribution is -2.47. The number of likely N-dealkylation sites (tertiary alicyclic amines) is 1. The molecule has 3 heterocycles. The third kappa shape index (κ3) is 4.76. The number of carbonyl (C=O) groups is 1. The van der Waals surface area contributed by atoms with Gasteiger partial charge in [0.25, 0.3) is 5.91 Å². The van der Waals surface area contributed by atoms with Crippen molar-refractivity contribution in [1.82, 2.24) is 25.0 Å². The maximum absolute atomic E-state index is 12.9. The molecule has 0 saturated carbocycles. The number of piperidine rings is 1. The number of carbonyl (C=O) groups excluding carboxylic acids is 1. The smallest absolute Gasteiger partial charge is 0.251 e. The number of hydrogen-bond acceptors (Lipinski definition) is 4. The largest absolute Gasteiger partial charge is 0.348 e. The SMILES string of the molecule is CCN1CCCC(NC(=O)c2ccc(-n3cccn3)c(C#Cc3cccnc3)c2)C1. The van der Waals surface area contributed by atoms with E-state index in [1.54, 1.807) is 23.3 Å². The summed E-state index contributed by atoms with van der Waals surface area (Å²) in [5, 5.41) is 7.51. The van der Waals surface area contributed by atoms with Crippen LogP contribution in [0.15, 0.2) is 61.2 Å². The summed E-state index contributed by atoms with van der Waals surface area (Å²) in [7, 11) is 0. The van der Waals surface area contributed by atoms with Crippen LogP contribution in [0.5, 0.6) is 0 Å². The second-order valence-electron chi connectivity index (χ2n) is 7.38. The van der Waals surface area contributed by atoms with Gasteiger partial charge in [-0.05, 0) is 62.3 Å². The highest BCUT2D eigenvalue weighted by Gasteiger charge is 2.21. The van der Waals surface area contributed by atoms with Gasteiger partial charge in [-0.15, -0.1) is 0 Å². The predicted octanol–water partition coefficient (Wildman–Crippen LogP) is 2.88. The Balaban J connectivity index is 1.60. The van der Waals surface area contributed by atoms with Crippen molar-refractivity contribution in [3.8, 4) is 17.5 Å². The molecule has 2 aromatic heterocycles. The lowest BCUT2D eigenvalue weighted by atomic mass is 10.0. The lowest BCUT2D eigenvalue weighted by molar-refractivity contribution is 0.0906. The minimum atomic E-state index is -0.0607. The summed E-state index contributed by atoms with van der Waals surface area (Å²) in [5.41, 5.74) is 3.01. The molecule has 0 radical (unpaired) electrons. The summed E-state index contributed by atoms with van der Waals surface area (Å²) < 4.78 is 1.76. The summed E-state index contributed by atoms with van der Waals surface area (Å²) in [6.07, 6.45) is 9.16. The van der Waals surface area contributed by atoms with Gasteiger partial charge in [0.15, 0.2) is 0 Å². The van der Waals surface area contributed by atoms with Crippen LogP contribution in [0.1, 0.15) is 41.3 Å². The van der Waals surface area contributed by atoms with Crippen molar-refractivity contribution < 1.29 is 4.79 Å². The highest BCUT2D eigenvalue weighted by Crippen LogP contribution is 2.17. The van der Waals surface area contributed by atoms with Crippen molar-refractivity contribution >= 4 is 5.91 Å². The van der Waals surface area contributed by atoms with Crippen molar-refractivity contribution in [1.29, 1.82) is 0 Å². The molecule has 6 heteroatoms. The first-order valence-electron chi connectivity index (χ1n) is 10.3. The highest BCUT2D eigenvalue weighted by atomic mass is 16.1. The predicted molar refractivity (Wildman–Crippen MR) is 116 cm³/mol. The molecule has 0 aliphatic carbocycles. The van der Waals surface area contributed by atoms with E-state index in [1.807, 2.05) is 42.6 Å². The van der Waals surface area contributed by atoms with Crippen LogP contribution in [0, 0.1) is 11.8 Å². The third-order valence-electron chi connectivity index (χ3n) is 5.30. The van der Waals surface area contributed by atoms with Crippen molar-refractivity contribution in [2.45, 2.75) is 25.8 Å². The number of nitrogens with zero attached hydrogens (tertiary/aromatic N) is 4. The number of aromatic nitrogens is 3. The van der Waals surface area contributed by atoms with Gasteiger partial charge in [0.2, 0.25) is 0 Å². The van der Waals surface area contributed by atoms with Crippen LogP contribution in [0.25, 0.3) is 5.69 Å². The van der Waals surface area contributed by atoms with Crippen LogP contribution in [-0.4, -0.2) is 51.2 Å². The number of rotatable bonds is 4. The molecule has 4 rings (SSSR count). The number of nitrogens with one attached hydrogen (secondary N) is 1. The van der Waals surface area contributed by atoms with E-state index >= 15 is 0 Å². The fraction of sp³-hybridized carbons (Fsp3) is 0.292.